The molecule has 0 saturated carbocycles. The minimum atomic E-state index is 0.195. The Bertz CT molecular complexity index is 679. The van der Waals surface area contributed by atoms with Crippen molar-refractivity contribution >= 4 is 17.2 Å². The van der Waals surface area contributed by atoms with E-state index in [1.807, 2.05) is 29.0 Å². The highest BCUT2D eigenvalue weighted by molar-refractivity contribution is 7.14. The van der Waals surface area contributed by atoms with E-state index in [-0.39, 0.29) is 11.9 Å². The molecule has 116 valence electrons. The fourth-order valence-electron chi connectivity index (χ4n) is 3.71. The zero-order chi connectivity index (χ0) is 15.1. The van der Waals surface area contributed by atoms with Gasteiger partial charge in [-0.05, 0) is 50.2 Å². The summed E-state index contributed by atoms with van der Waals surface area (Å²) in [5, 5.41) is 4.26. The molecule has 1 atom stereocenters. The molecule has 1 fully saturated rings. The quantitative estimate of drug-likeness (QED) is 0.852. The molecule has 2 aliphatic rings. The van der Waals surface area contributed by atoms with Crippen LogP contribution in [0.3, 0.4) is 0 Å². The molecule has 2 aromatic heterocycles. The highest BCUT2D eigenvalue weighted by Gasteiger charge is 2.32. The lowest BCUT2D eigenvalue weighted by atomic mass is 9.99. The van der Waals surface area contributed by atoms with Gasteiger partial charge in [-0.2, -0.15) is 5.10 Å². The Labute approximate surface area is 134 Å². The topological polar surface area (TPSA) is 38.1 Å². The van der Waals surface area contributed by atoms with Gasteiger partial charge in [-0.3, -0.25) is 9.48 Å². The van der Waals surface area contributed by atoms with Gasteiger partial charge >= 0.3 is 0 Å². The summed E-state index contributed by atoms with van der Waals surface area (Å²) < 4.78 is 1.82. The Balaban J connectivity index is 1.60. The predicted molar refractivity (Wildman–Crippen MR) is 87.2 cm³/mol. The van der Waals surface area contributed by atoms with E-state index in [0.29, 0.717) is 0 Å². The average Bonchev–Trinajstić information content (AvgIpc) is 3.24. The minimum absolute atomic E-state index is 0.195. The number of fused-ring (bicyclic) bond motifs is 1. The lowest BCUT2D eigenvalue weighted by Crippen LogP contribution is -2.29. The van der Waals surface area contributed by atoms with Crippen molar-refractivity contribution < 1.29 is 4.79 Å². The second-order valence-corrected chi connectivity index (χ2v) is 7.51. The third-order valence-electron chi connectivity index (χ3n) is 4.83. The zero-order valence-corrected chi connectivity index (χ0v) is 13.7. The second kappa shape index (κ2) is 5.54. The number of thiophene rings is 1. The molecule has 0 N–H and O–H groups in total. The normalized spacial score (nSPS) is 21.1. The fraction of sp³-hybridized carbons (Fsp3) is 0.529. The molecular weight excluding hydrogens is 294 g/mol. The van der Waals surface area contributed by atoms with E-state index in [1.54, 1.807) is 11.3 Å². The molecule has 0 bridgehead atoms. The SMILES string of the molecule is Cn1cc([C@@H]2CCCN2C(=O)c2cc3c(s2)CCCC3)cn1. The highest BCUT2D eigenvalue weighted by atomic mass is 32.1. The second-order valence-electron chi connectivity index (χ2n) is 6.37. The van der Waals surface area contributed by atoms with Crippen molar-refractivity contribution in [2.45, 2.75) is 44.6 Å². The van der Waals surface area contributed by atoms with Gasteiger partial charge in [0, 0.05) is 30.2 Å². The van der Waals surface area contributed by atoms with Crippen LogP contribution in [0.15, 0.2) is 18.5 Å². The van der Waals surface area contributed by atoms with Crippen LogP contribution in [0.25, 0.3) is 0 Å². The zero-order valence-electron chi connectivity index (χ0n) is 12.9. The van der Waals surface area contributed by atoms with Crippen LogP contribution in [-0.4, -0.2) is 27.1 Å². The van der Waals surface area contributed by atoms with E-state index in [9.17, 15) is 4.79 Å². The van der Waals surface area contributed by atoms with Gasteiger partial charge < -0.3 is 4.90 Å². The van der Waals surface area contributed by atoms with E-state index in [1.165, 1.54) is 23.3 Å². The lowest BCUT2D eigenvalue weighted by Gasteiger charge is -2.23. The molecule has 1 aliphatic heterocycles. The van der Waals surface area contributed by atoms with Crippen LogP contribution in [-0.2, 0) is 19.9 Å². The first-order valence-electron chi connectivity index (χ1n) is 8.13. The number of hydrogen-bond donors (Lipinski definition) is 0. The molecule has 22 heavy (non-hydrogen) atoms. The summed E-state index contributed by atoms with van der Waals surface area (Å²) in [6.07, 6.45) is 10.9. The number of carbonyl (C=O) groups excluding carboxylic acids is 1. The van der Waals surface area contributed by atoms with Crippen LogP contribution in [0.4, 0.5) is 0 Å². The van der Waals surface area contributed by atoms with Gasteiger partial charge in [0.05, 0.1) is 17.1 Å². The number of aryl methyl sites for hydroxylation is 3. The maximum absolute atomic E-state index is 13.0. The summed E-state index contributed by atoms with van der Waals surface area (Å²) >= 11 is 1.72. The minimum Gasteiger partial charge on any atom is -0.331 e. The van der Waals surface area contributed by atoms with Crippen LogP contribution in [0.1, 0.15) is 57.4 Å². The Morgan fingerprint density at radius 3 is 2.95 bits per heavy atom. The van der Waals surface area contributed by atoms with Crippen LogP contribution >= 0.6 is 11.3 Å². The molecule has 0 spiro atoms. The van der Waals surface area contributed by atoms with Crippen LogP contribution < -0.4 is 0 Å². The maximum atomic E-state index is 13.0. The summed E-state index contributed by atoms with van der Waals surface area (Å²) in [6, 6.07) is 2.35. The van der Waals surface area contributed by atoms with E-state index < -0.39 is 0 Å². The molecule has 3 heterocycles. The van der Waals surface area contributed by atoms with E-state index in [0.717, 1.165) is 42.7 Å². The maximum Gasteiger partial charge on any atom is 0.264 e. The number of likely N-dealkylation sites (tertiary alicyclic amines) is 1. The van der Waals surface area contributed by atoms with E-state index in [2.05, 4.69) is 11.2 Å². The Morgan fingerprint density at radius 1 is 1.32 bits per heavy atom. The van der Waals surface area contributed by atoms with Gasteiger partial charge in [0.15, 0.2) is 0 Å². The molecule has 0 radical (unpaired) electrons. The van der Waals surface area contributed by atoms with Crippen LogP contribution in [0.5, 0.6) is 0 Å². The van der Waals surface area contributed by atoms with Gasteiger partial charge in [-0.1, -0.05) is 0 Å². The van der Waals surface area contributed by atoms with Crippen molar-refractivity contribution in [3.05, 3.63) is 39.3 Å². The first-order valence-corrected chi connectivity index (χ1v) is 8.95. The third-order valence-corrected chi connectivity index (χ3v) is 6.06. The van der Waals surface area contributed by atoms with E-state index in [4.69, 9.17) is 0 Å². The molecule has 4 nitrogen and oxygen atoms in total. The number of nitrogens with zero attached hydrogens (tertiary/aromatic N) is 3. The van der Waals surface area contributed by atoms with Gasteiger partial charge in [0.2, 0.25) is 0 Å². The van der Waals surface area contributed by atoms with Crippen molar-refractivity contribution in [3.63, 3.8) is 0 Å². The Kier molecular flexibility index (Phi) is 3.53. The smallest absolute Gasteiger partial charge is 0.264 e. The van der Waals surface area contributed by atoms with Crippen molar-refractivity contribution in [1.29, 1.82) is 0 Å². The number of carbonyl (C=O) groups is 1. The summed E-state index contributed by atoms with van der Waals surface area (Å²) in [7, 11) is 1.93. The van der Waals surface area contributed by atoms with Crippen LogP contribution in [0.2, 0.25) is 0 Å². The number of hydrogen-bond acceptors (Lipinski definition) is 3. The first kappa shape index (κ1) is 14.0. The van der Waals surface area contributed by atoms with Crippen LogP contribution in [0, 0.1) is 0 Å². The summed E-state index contributed by atoms with van der Waals surface area (Å²) in [5.74, 6) is 0.214. The molecule has 0 aromatic carbocycles. The van der Waals surface area contributed by atoms with Crippen molar-refractivity contribution in [2.24, 2.45) is 7.05 Å². The van der Waals surface area contributed by atoms with Gasteiger partial charge in [0.1, 0.15) is 0 Å². The molecule has 1 amide bonds. The molecule has 2 aromatic rings. The Hall–Kier alpha value is -1.62. The Morgan fingerprint density at radius 2 is 2.18 bits per heavy atom. The van der Waals surface area contributed by atoms with Gasteiger partial charge in [-0.15, -0.1) is 11.3 Å². The monoisotopic (exact) mass is 315 g/mol. The summed E-state index contributed by atoms with van der Waals surface area (Å²) in [6.45, 7) is 0.862. The van der Waals surface area contributed by atoms with Gasteiger partial charge in [0.25, 0.3) is 5.91 Å². The van der Waals surface area contributed by atoms with E-state index >= 15 is 0 Å². The molecule has 1 saturated heterocycles. The summed E-state index contributed by atoms with van der Waals surface area (Å²) in [5.41, 5.74) is 2.58. The third kappa shape index (κ3) is 2.37. The van der Waals surface area contributed by atoms with Crippen molar-refractivity contribution in [2.75, 3.05) is 6.54 Å². The number of amides is 1. The molecule has 1 aliphatic carbocycles. The molecular formula is C17H21N3OS. The van der Waals surface area contributed by atoms with Crippen molar-refractivity contribution in [3.8, 4) is 0 Å². The largest absolute Gasteiger partial charge is 0.331 e. The molecule has 4 rings (SSSR count). The average molecular weight is 315 g/mol. The fourth-order valence-corrected chi connectivity index (χ4v) is 4.92. The lowest BCUT2D eigenvalue weighted by molar-refractivity contribution is 0.0740. The number of rotatable bonds is 2. The standard InChI is InChI=1S/C17H21N3OS/c1-19-11-13(10-18-19)14-6-4-8-20(14)17(21)16-9-12-5-2-3-7-15(12)22-16/h9-11,14H,2-8H2,1H3/t14-/m0/s1. The molecule has 5 heteroatoms. The summed E-state index contributed by atoms with van der Waals surface area (Å²) in [4.78, 5) is 17.4. The number of aromatic nitrogens is 2. The van der Waals surface area contributed by atoms with Gasteiger partial charge in [-0.25, -0.2) is 0 Å². The molecule has 0 unspecified atom stereocenters. The highest BCUT2D eigenvalue weighted by Crippen LogP contribution is 2.36. The first-order chi connectivity index (χ1) is 10.7. The predicted octanol–water partition coefficient (Wildman–Crippen LogP) is 3.34. The van der Waals surface area contributed by atoms with Crippen molar-refractivity contribution in [1.82, 2.24) is 14.7 Å².